The summed E-state index contributed by atoms with van der Waals surface area (Å²) in [5, 5.41) is 11.0. The first-order valence-corrected chi connectivity index (χ1v) is 9.46. The molecule has 0 saturated heterocycles. The van der Waals surface area contributed by atoms with Crippen LogP contribution in [0.25, 0.3) is 0 Å². The maximum absolute atomic E-state index is 13.0. The molecule has 0 N–H and O–H groups in total. The maximum Gasteiger partial charge on any atom is 0.269 e. The van der Waals surface area contributed by atoms with Crippen LogP contribution in [0.5, 0.6) is 17.2 Å². The molecular formula is C21H26N2O6. The number of nitro benzene ring substituents is 1. The molecule has 0 aromatic heterocycles. The third-order valence-corrected chi connectivity index (χ3v) is 4.04. The minimum Gasteiger partial charge on any atom is -0.490 e. The van der Waals surface area contributed by atoms with Crippen molar-refractivity contribution in [1.82, 2.24) is 4.90 Å². The van der Waals surface area contributed by atoms with Crippen LogP contribution in [0.15, 0.2) is 36.4 Å². The largest absolute Gasteiger partial charge is 0.490 e. The Kier molecular flexibility index (Phi) is 7.82. The van der Waals surface area contributed by atoms with Gasteiger partial charge in [0.2, 0.25) is 5.75 Å². The molecule has 0 saturated carbocycles. The number of carbonyl (C=O) groups excluding carboxylic acids is 1. The summed E-state index contributed by atoms with van der Waals surface area (Å²) in [5.41, 5.74) is 1.03. The number of ether oxygens (including phenoxy) is 3. The van der Waals surface area contributed by atoms with Crippen molar-refractivity contribution in [2.45, 2.75) is 27.3 Å². The van der Waals surface area contributed by atoms with E-state index in [-0.39, 0.29) is 18.1 Å². The highest BCUT2D eigenvalue weighted by molar-refractivity contribution is 5.95. The molecule has 0 aliphatic carbocycles. The standard InChI is InChI=1S/C21H26N2O6/c1-5-27-18-12-16(13-19(28-6-2)20(18)29-7-3)21(24)22(4)14-15-9-8-10-17(11-15)23(25)26/h8-13H,5-7,14H2,1-4H3. The topological polar surface area (TPSA) is 91.1 Å². The highest BCUT2D eigenvalue weighted by Gasteiger charge is 2.21. The maximum atomic E-state index is 13.0. The van der Waals surface area contributed by atoms with Crippen LogP contribution in [-0.2, 0) is 6.54 Å². The summed E-state index contributed by atoms with van der Waals surface area (Å²) in [6.45, 7) is 7.02. The molecule has 0 aliphatic heterocycles. The smallest absolute Gasteiger partial charge is 0.269 e. The molecule has 0 unspecified atom stereocenters. The van der Waals surface area contributed by atoms with Gasteiger partial charge in [0, 0.05) is 31.3 Å². The summed E-state index contributed by atoms with van der Waals surface area (Å²) in [6.07, 6.45) is 0. The number of non-ortho nitro benzene ring substituents is 1. The van der Waals surface area contributed by atoms with Crippen LogP contribution in [0.2, 0.25) is 0 Å². The summed E-state index contributed by atoms with van der Waals surface area (Å²) in [7, 11) is 1.64. The molecule has 0 atom stereocenters. The molecule has 0 aliphatic rings. The second kappa shape index (κ2) is 10.3. The highest BCUT2D eigenvalue weighted by atomic mass is 16.6. The minimum absolute atomic E-state index is 0.0123. The lowest BCUT2D eigenvalue weighted by molar-refractivity contribution is -0.384. The number of rotatable bonds is 10. The lowest BCUT2D eigenvalue weighted by atomic mass is 10.1. The van der Waals surface area contributed by atoms with E-state index in [2.05, 4.69) is 0 Å². The van der Waals surface area contributed by atoms with Crippen molar-refractivity contribution in [1.29, 1.82) is 0 Å². The Hall–Kier alpha value is -3.29. The molecule has 0 bridgehead atoms. The minimum atomic E-state index is -0.458. The summed E-state index contributed by atoms with van der Waals surface area (Å²) in [4.78, 5) is 25.0. The molecule has 29 heavy (non-hydrogen) atoms. The molecule has 0 heterocycles. The number of carbonyl (C=O) groups is 1. The Labute approximate surface area is 170 Å². The van der Waals surface area contributed by atoms with E-state index in [1.807, 2.05) is 20.8 Å². The molecule has 8 heteroatoms. The van der Waals surface area contributed by atoms with Crippen LogP contribution in [0, 0.1) is 10.1 Å². The van der Waals surface area contributed by atoms with Gasteiger partial charge in [-0.25, -0.2) is 0 Å². The zero-order valence-corrected chi connectivity index (χ0v) is 17.1. The first-order valence-electron chi connectivity index (χ1n) is 9.46. The monoisotopic (exact) mass is 402 g/mol. The van der Waals surface area contributed by atoms with Crippen molar-refractivity contribution in [2.24, 2.45) is 0 Å². The van der Waals surface area contributed by atoms with Crippen LogP contribution in [0.4, 0.5) is 5.69 Å². The van der Waals surface area contributed by atoms with Crippen molar-refractivity contribution in [3.05, 3.63) is 57.6 Å². The van der Waals surface area contributed by atoms with Crippen LogP contribution in [0.3, 0.4) is 0 Å². The van der Waals surface area contributed by atoms with Gasteiger partial charge in [-0.1, -0.05) is 12.1 Å². The number of nitrogens with zero attached hydrogens (tertiary/aromatic N) is 2. The molecule has 0 spiro atoms. The second-order valence-electron chi connectivity index (χ2n) is 6.19. The molecular weight excluding hydrogens is 376 g/mol. The number of hydrogen-bond acceptors (Lipinski definition) is 6. The third kappa shape index (κ3) is 5.60. The molecule has 2 aromatic rings. The van der Waals surface area contributed by atoms with Gasteiger partial charge in [0.25, 0.3) is 11.6 Å². The average Bonchev–Trinajstić information content (AvgIpc) is 2.70. The molecule has 156 valence electrons. The van der Waals surface area contributed by atoms with Gasteiger partial charge in [0.15, 0.2) is 11.5 Å². The van der Waals surface area contributed by atoms with Gasteiger partial charge in [-0.05, 0) is 38.5 Å². The van der Waals surface area contributed by atoms with E-state index in [0.717, 1.165) is 0 Å². The average molecular weight is 402 g/mol. The molecule has 2 rings (SSSR count). The Balaban J connectivity index is 2.32. The Morgan fingerprint density at radius 3 is 2.10 bits per heavy atom. The molecule has 2 aromatic carbocycles. The summed E-state index contributed by atoms with van der Waals surface area (Å²) >= 11 is 0. The van der Waals surface area contributed by atoms with Gasteiger partial charge >= 0.3 is 0 Å². The van der Waals surface area contributed by atoms with E-state index in [9.17, 15) is 14.9 Å². The number of amides is 1. The van der Waals surface area contributed by atoms with E-state index in [1.54, 1.807) is 31.3 Å². The highest BCUT2D eigenvalue weighted by Crippen LogP contribution is 2.39. The van der Waals surface area contributed by atoms with Gasteiger partial charge < -0.3 is 19.1 Å². The predicted molar refractivity (Wildman–Crippen MR) is 109 cm³/mol. The van der Waals surface area contributed by atoms with Gasteiger partial charge in [-0.3, -0.25) is 14.9 Å². The van der Waals surface area contributed by atoms with E-state index >= 15 is 0 Å². The summed E-state index contributed by atoms with van der Waals surface area (Å²) < 4.78 is 17.0. The van der Waals surface area contributed by atoms with Gasteiger partial charge in [-0.15, -0.1) is 0 Å². The molecule has 1 amide bonds. The second-order valence-corrected chi connectivity index (χ2v) is 6.19. The quantitative estimate of drug-likeness (QED) is 0.440. The van der Waals surface area contributed by atoms with E-state index < -0.39 is 4.92 Å². The van der Waals surface area contributed by atoms with Gasteiger partial charge in [-0.2, -0.15) is 0 Å². The fourth-order valence-electron chi connectivity index (χ4n) is 2.85. The Bertz CT molecular complexity index is 841. The van der Waals surface area contributed by atoms with Crippen LogP contribution < -0.4 is 14.2 Å². The summed E-state index contributed by atoms with van der Waals surface area (Å²) in [5.74, 6) is 1.08. The van der Waals surface area contributed by atoms with Gasteiger partial charge in [0.05, 0.1) is 24.7 Å². The lowest BCUT2D eigenvalue weighted by Gasteiger charge is -2.20. The third-order valence-electron chi connectivity index (χ3n) is 4.04. The van der Waals surface area contributed by atoms with Crippen molar-refractivity contribution >= 4 is 11.6 Å². The van der Waals surface area contributed by atoms with E-state index in [0.29, 0.717) is 48.2 Å². The Morgan fingerprint density at radius 2 is 1.59 bits per heavy atom. The van der Waals surface area contributed by atoms with E-state index in [1.165, 1.54) is 17.0 Å². The zero-order chi connectivity index (χ0) is 21.4. The fourth-order valence-corrected chi connectivity index (χ4v) is 2.85. The van der Waals surface area contributed by atoms with Crippen molar-refractivity contribution in [2.75, 3.05) is 26.9 Å². The van der Waals surface area contributed by atoms with Crippen molar-refractivity contribution < 1.29 is 23.9 Å². The first kappa shape index (κ1) is 22.0. The molecule has 8 nitrogen and oxygen atoms in total. The zero-order valence-electron chi connectivity index (χ0n) is 17.1. The lowest BCUT2D eigenvalue weighted by Crippen LogP contribution is -2.26. The molecule has 0 fully saturated rings. The van der Waals surface area contributed by atoms with Crippen LogP contribution in [-0.4, -0.2) is 42.6 Å². The van der Waals surface area contributed by atoms with Crippen molar-refractivity contribution in [3.63, 3.8) is 0 Å². The predicted octanol–water partition coefficient (Wildman–Crippen LogP) is 4.06. The molecule has 0 radical (unpaired) electrons. The number of hydrogen-bond donors (Lipinski definition) is 0. The summed E-state index contributed by atoms with van der Waals surface area (Å²) in [6, 6.07) is 9.47. The fraction of sp³-hybridized carbons (Fsp3) is 0.381. The van der Waals surface area contributed by atoms with Gasteiger partial charge in [0.1, 0.15) is 0 Å². The SMILES string of the molecule is CCOc1cc(C(=O)N(C)Cc2cccc([N+](=O)[O-])c2)cc(OCC)c1OCC. The van der Waals surface area contributed by atoms with E-state index in [4.69, 9.17) is 14.2 Å². The van der Waals surface area contributed by atoms with Crippen LogP contribution in [0.1, 0.15) is 36.7 Å². The Morgan fingerprint density at radius 1 is 1.00 bits per heavy atom. The van der Waals surface area contributed by atoms with Crippen molar-refractivity contribution in [3.8, 4) is 17.2 Å². The van der Waals surface area contributed by atoms with Crippen LogP contribution >= 0.6 is 0 Å². The number of benzene rings is 2. The normalized spacial score (nSPS) is 10.3. The first-order chi connectivity index (χ1) is 13.9. The number of nitro groups is 1.